The number of benzene rings is 1. The molecule has 2 aromatic rings. The van der Waals surface area contributed by atoms with Crippen molar-refractivity contribution in [3.63, 3.8) is 0 Å². The maximum absolute atomic E-state index is 12.7. The molecule has 0 bridgehead atoms. The van der Waals surface area contributed by atoms with Crippen molar-refractivity contribution in [3.8, 4) is 6.07 Å². The summed E-state index contributed by atoms with van der Waals surface area (Å²) in [7, 11) is 0. The number of para-hydroxylation sites is 1. The number of carbonyl (C=O) groups excluding carboxylic acids is 1. The highest BCUT2D eigenvalue weighted by atomic mass is 16.5. The molecule has 1 aromatic heterocycles. The third-order valence-corrected chi connectivity index (χ3v) is 5.31. The first-order valence-electron chi connectivity index (χ1n) is 9.17. The highest BCUT2D eigenvalue weighted by Crippen LogP contribution is 2.27. The van der Waals surface area contributed by atoms with Crippen LogP contribution in [0.1, 0.15) is 18.4 Å². The van der Waals surface area contributed by atoms with E-state index < -0.39 is 0 Å². The summed E-state index contributed by atoms with van der Waals surface area (Å²) in [6.45, 7) is 4.27. The lowest BCUT2D eigenvalue weighted by Gasteiger charge is -2.36. The van der Waals surface area contributed by atoms with Crippen molar-refractivity contribution < 1.29 is 9.53 Å². The van der Waals surface area contributed by atoms with Gasteiger partial charge in [-0.05, 0) is 25.0 Å². The van der Waals surface area contributed by atoms with Crippen LogP contribution in [0.4, 0.5) is 5.82 Å². The van der Waals surface area contributed by atoms with Gasteiger partial charge in [-0.1, -0.05) is 18.2 Å². The SMILES string of the molecule is N#Cc1cc(N2CCC(C(=O)N3CCOCC3)CC2)nc2ccccc12. The lowest BCUT2D eigenvalue weighted by atomic mass is 9.95. The van der Waals surface area contributed by atoms with Crippen molar-refractivity contribution >= 4 is 22.6 Å². The van der Waals surface area contributed by atoms with Crippen molar-refractivity contribution in [2.75, 3.05) is 44.3 Å². The van der Waals surface area contributed by atoms with E-state index in [1.54, 1.807) is 0 Å². The van der Waals surface area contributed by atoms with Gasteiger partial charge in [0.25, 0.3) is 0 Å². The maximum Gasteiger partial charge on any atom is 0.225 e. The van der Waals surface area contributed by atoms with Gasteiger partial charge in [0.2, 0.25) is 5.91 Å². The fraction of sp³-hybridized carbons (Fsp3) is 0.450. The minimum absolute atomic E-state index is 0.0836. The number of piperidine rings is 1. The Morgan fingerprint density at radius 1 is 1.15 bits per heavy atom. The molecule has 3 heterocycles. The molecule has 2 aliphatic heterocycles. The van der Waals surface area contributed by atoms with Crippen LogP contribution in [0.15, 0.2) is 30.3 Å². The summed E-state index contributed by atoms with van der Waals surface area (Å²) in [6, 6.07) is 11.9. The second kappa shape index (κ2) is 7.30. The molecule has 2 aliphatic rings. The van der Waals surface area contributed by atoms with Crippen molar-refractivity contribution in [2.24, 2.45) is 5.92 Å². The minimum Gasteiger partial charge on any atom is -0.378 e. The Balaban J connectivity index is 1.47. The summed E-state index contributed by atoms with van der Waals surface area (Å²) >= 11 is 0. The molecule has 26 heavy (non-hydrogen) atoms. The summed E-state index contributed by atoms with van der Waals surface area (Å²) in [5.41, 5.74) is 1.49. The number of pyridine rings is 1. The number of anilines is 1. The first kappa shape index (κ1) is 16.8. The smallest absolute Gasteiger partial charge is 0.225 e. The van der Waals surface area contributed by atoms with E-state index in [1.807, 2.05) is 35.2 Å². The molecule has 2 fully saturated rings. The van der Waals surface area contributed by atoms with Gasteiger partial charge < -0.3 is 14.5 Å². The van der Waals surface area contributed by atoms with Crippen LogP contribution in [0.25, 0.3) is 10.9 Å². The zero-order valence-corrected chi connectivity index (χ0v) is 14.7. The standard InChI is InChI=1S/C20H22N4O2/c21-14-16-13-19(22-18-4-2-1-3-17(16)18)23-7-5-15(6-8-23)20(25)24-9-11-26-12-10-24/h1-4,13,15H,5-12H2. The number of carbonyl (C=O) groups is 1. The molecule has 0 unspecified atom stereocenters. The van der Waals surface area contributed by atoms with E-state index in [2.05, 4.69) is 11.0 Å². The van der Waals surface area contributed by atoms with Crippen LogP contribution in [-0.2, 0) is 9.53 Å². The molecule has 4 rings (SSSR count). The second-order valence-corrected chi connectivity index (χ2v) is 6.86. The van der Waals surface area contributed by atoms with Gasteiger partial charge in [-0.25, -0.2) is 4.98 Å². The highest BCUT2D eigenvalue weighted by Gasteiger charge is 2.30. The monoisotopic (exact) mass is 350 g/mol. The lowest BCUT2D eigenvalue weighted by molar-refractivity contribution is -0.140. The van der Waals surface area contributed by atoms with Crippen LogP contribution >= 0.6 is 0 Å². The Bertz CT molecular complexity index is 847. The van der Waals surface area contributed by atoms with Gasteiger partial charge in [0.1, 0.15) is 5.82 Å². The van der Waals surface area contributed by atoms with Gasteiger partial charge >= 0.3 is 0 Å². The summed E-state index contributed by atoms with van der Waals surface area (Å²) in [5, 5.41) is 10.3. The zero-order chi connectivity index (χ0) is 17.9. The van der Waals surface area contributed by atoms with Gasteiger partial charge in [-0.3, -0.25) is 4.79 Å². The van der Waals surface area contributed by atoms with E-state index in [9.17, 15) is 10.1 Å². The molecule has 0 spiro atoms. The molecule has 6 heteroatoms. The Morgan fingerprint density at radius 2 is 1.88 bits per heavy atom. The Hall–Kier alpha value is -2.65. The third-order valence-electron chi connectivity index (χ3n) is 5.31. The fourth-order valence-electron chi connectivity index (χ4n) is 3.81. The highest BCUT2D eigenvalue weighted by molar-refractivity contribution is 5.86. The number of hydrogen-bond donors (Lipinski definition) is 0. The zero-order valence-electron chi connectivity index (χ0n) is 14.7. The number of nitriles is 1. The van der Waals surface area contributed by atoms with Crippen LogP contribution in [0.3, 0.4) is 0 Å². The molecular weight excluding hydrogens is 328 g/mol. The Kier molecular flexibility index (Phi) is 4.72. The first-order valence-corrected chi connectivity index (χ1v) is 9.17. The van der Waals surface area contributed by atoms with Crippen molar-refractivity contribution in [1.82, 2.24) is 9.88 Å². The predicted molar refractivity (Wildman–Crippen MR) is 98.8 cm³/mol. The van der Waals surface area contributed by atoms with Crippen molar-refractivity contribution in [1.29, 1.82) is 5.26 Å². The first-order chi connectivity index (χ1) is 12.8. The predicted octanol–water partition coefficient (Wildman–Crippen LogP) is 2.18. The molecular formula is C20H22N4O2. The van der Waals surface area contributed by atoms with Gasteiger partial charge in [0.15, 0.2) is 0 Å². The van der Waals surface area contributed by atoms with Gasteiger partial charge in [0.05, 0.1) is 30.4 Å². The molecule has 6 nitrogen and oxygen atoms in total. The molecule has 0 N–H and O–H groups in total. The van der Waals surface area contributed by atoms with E-state index in [-0.39, 0.29) is 11.8 Å². The van der Waals surface area contributed by atoms with E-state index in [0.717, 1.165) is 42.7 Å². The normalized spacial score (nSPS) is 18.7. The summed E-state index contributed by atoms with van der Waals surface area (Å²) < 4.78 is 5.33. The molecule has 0 saturated carbocycles. The average molecular weight is 350 g/mol. The number of aromatic nitrogens is 1. The van der Waals surface area contributed by atoms with E-state index in [4.69, 9.17) is 9.72 Å². The topological polar surface area (TPSA) is 69.5 Å². The summed E-state index contributed by atoms with van der Waals surface area (Å²) in [4.78, 5) is 21.5. The second-order valence-electron chi connectivity index (χ2n) is 6.86. The van der Waals surface area contributed by atoms with Crippen LogP contribution in [0.2, 0.25) is 0 Å². The number of nitrogens with zero attached hydrogens (tertiary/aromatic N) is 4. The van der Waals surface area contributed by atoms with Crippen LogP contribution in [-0.4, -0.2) is 55.2 Å². The summed E-state index contributed by atoms with van der Waals surface area (Å²) in [6.07, 6.45) is 1.65. The molecule has 0 aliphatic carbocycles. The molecule has 0 radical (unpaired) electrons. The number of hydrogen-bond acceptors (Lipinski definition) is 5. The maximum atomic E-state index is 12.7. The molecule has 134 valence electrons. The third kappa shape index (κ3) is 3.23. The quantitative estimate of drug-likeness (QED) is 0.830. The number of morpholine rings is 1. The molecule has 1 aromatic carbocycles. The van der Waals surface area contributed by atoms with E-state index in [0.29, 0.717) is 31.9 Å². The minimum atomic E-state index is 0.0836. The van der Waals surface area contributed by atoms with E-state index in [1.165, 1.54) is 0 Å². The number of ether oxygens (including phenoxy) is 1. The van der Waals surface area contributed by atoms with Crippen LogP contribution in [0, 0.1) is 17.2 Å². The molecule has 0 atom stereocenters. The van der Waals surface area contributed by atoms with Gasteiger partial charge in [0, 0.05) is 37.5 Å². The van der Waals surface area contributed by atoms with E-state index >= 15 is 0 Å². The average Bonchev–Trinajstić information content (AvgIpc) is 2.73. The van der Waals surface area contributed by atoms with Crippen LogP contribution in [0.5, 0.6) is 0 Å². The van der Waals surface area contributed by atoms with Gasteiger partial charge in [-0.15, -0.1) is 0 Å². The van der Waals surface area contributed by atoms with Crippen LogP contribution < -0.4 is 4.90 Å². The number of fused-ring (bicyclic) bond motifs is 1. The summed E-state index contributed by atoms with van der Waals surface area (Å²) in [5.74, 6) is 1.18. The van der Waals surface area contributed by atoms with Gasteiger partial charge in [-0.2, -0.15) is 5.26 Å². The number of amides is 1. The molecule has 2 saturated heterocycles. The number of rotatable bonds is 2. The Labute approximate surface area is 153 Å². The fourth-order valence-corrected chi connectivity index (χ4v) is 3.81. The lowest BCUT2D eigenvalue weighted by Crippen LogP contribution is -2.46. The van der Waals surface area contributed by atoms with Crippen molar-refractivity contribution in [3.05, 3.63) is 35.9 Å². The largest absolute Gasteiger partial charge is 0.378 e. The van der Waals surface area contributed by atoms with Crippen molar-refractivity contribution in [2.45, 2.75) is 12.8 Å². The molecule has 1 amide bonds. The Morgan fingerprint density at radius 3 is 2.62 bits per heavy atom.